The first-order chi connectivity index (χ1) is 9.69. The number of nitrogens with one attached hydrogen (secondary N) is 1. The molecule has 1 aromatic carbocycles. The van der Waals surface area contributed by atoms with Crippen LogP contribution in [0.5, 0.6) is 5.75 Å². The van der Waals surface area contributed by atoms with Gasteiger partial charge in [0.25, 0.3) is 5.91 Å². The highest BCUT2D eigenvalue weighted by atomic mass is 16.5. The number of benzene rings is 1. The van der Waals surface area contributed by atoms with Gasteiger partial charge in [-0.05, 0) is 42.5 Å². The molecule has 1 atom stereocenters. The average Bonchev–Trinajstić information content (AvgIpc) is 2.90. The van der Waals surface area contributed by atoms with Crippen molar-refractivity contribution in [3.8, 4) is 5.75 Å². The standard InChI is InChI=1S/C15H21NO4/c1-19-9-13(17)8-16-15(18)10-20-14-6-5-11-3-2-4-12(11)7-14/h5-7,13,17H,2-4,8-10H2,1H3,(H,16,18). The zero-order chi connectivity index (χ0) is 14.4. The highest BCUT2D eigenvalue weighted by molar-refractivity contribution is 5.77. The van der Waals surface area contributed by atoms with Gasteiger partial charge in [-0.1, -0.05) is 6.07 Å². The highest BCUT2D eigenvalue weighted by Crippen LogP contribution is 2.25. The Bertz CT molecular complexity index is 461. The number of aliphatic hydroxyl groups excluding tert-OH is 1. The van der Waals surface area contributed by atoms with Crippen LogP contribution in [0.3, 0.4) is 0 Å². The third kappa shape index (κ3) is 4.21. The van der Waals surface area contributed by atoms with E-state index in [9.17, 15) is 9.90 Å². The molecule has 0 heterocycles. The van der Waals surface area contributed by atoms with E-state index < -0.39 is 6.10 Å². The Morgan fingerprint density at radius 1 is 1.40 bits per heavy atom. The molecule has 0 aromatic heterocycles. The van der Waals surface area contributed by atoms with Gasteiger partial charge >= 0.3 is 0 Å². The minimum Gasteiger partial charge on any atom is -0.484 e. The van der Waals surface area contributed by atoms with Crippen LogP contribution in [-0.2, 0) is 22.4 Å². The number of ether oxygens (including phenoxy) is 2. The Kier molecular flexibility index (Phi) is 5.38. The van der Waals surface area contributed by atoms with E-state index >= 15 is 0 Å². The van der Waals surface area contributed by atoms with E-state index in [0.717, 1.165) is 18.6 Å². The molecule has 1 aliphatic rings. The zero-order valence-electron chi connectivity index (χ0n) is 11.7. The largest absolute Gasteiger partial charge is 0.484 e. The van der Waals surface area contributed by atoms with Gasteiger partial charge in [-0.15, -0.1) is 0 Å². The van der Waals surface area contributed by atoms with Crippen molar-refractivity contribution in [1.29, 1.82) is 0 Å². The third-order valence-electron chi connectivity index (χ3n) is 3.33. The molecule has 20 heavy (non-hydrogen) atoms. The molecule has 0 saturated carbocycles. The van der Waals surface area contributed by atoms with Gasteiger partial charge < -0.3 is 19.9 Å². The Morgan fingerprint density at radius 3 is 3.00 bits per heavy atom. The summed E-state index contributed by atoms with van der Waals surface area (Å²) in [6.07, 6.45) is 2.72. The predicted molar refractivity (Wildman–Crippen MR) is 74.9 cm³/mol. The van der Waals surface area contributed by atoms with Crippen LogP contribution in [0.4, 0.5) is 0 Å². The van der Waals surface area contributed by atoms with Crippen LogP contribution in [0.15, 0.2) is 18.2 Å². The quantitative estimate of drug-likeness (QED) is 0.770. The molecule has 2 rings (SSSR count). The molecule has 1 amide bonds. The molecule has 2 N–H and O–H groups in total. The number of hydrogen-bond acceptors (Lipinski definition) is 4. The van der Waals surface area contributed by atoms with Crippen LogP contribution in [0.2, 0.25) is 0 Å². The molecule has 0 spiro atoms. The molecule has 5 heteroatoms. The van der Waals surface area contributed by atoms with Crippen LogP contribution in [0, 0.1) is 0 Å². The fourth-order valence-corrected chi connectivity index (χ4v) is 2.32. The van der Waals surface area contributed by atoms with Crippen molar-refractivity contribution in [3.63, 3.8) is 0 Å². The minimum atomic E-state index is -0.691. The third-order valence-corrected chi connectivity index (χ3v) is 3.33. The summed E-state index contributed by atoms with van der Waals surface area (Å²) >= 11 is 0. The number of rotatable bonds is 7. The maximum atomic E-state index is 11.6. The summed E-state index contributed by atoms with van der Waals surface area (Å²) < 4.78 is 10.2. The van der Waals surface area contributed by atoms with E-state index in [4.69, 9.17) is 9.47 Å². The van der Waals surface area contributed by atoms with Gasteiger partial charge in [-0.2, -0.15) is 0 Å². The molecule has 1 unspecified atom stereocenters. The number of carbonyl (C=O) groups excluding carboxylic acids is 1. The number of methoxy groups -OCH3 is 1. The molecule has 0 bridgehead atoms. The maximum absolute atomic E-state index is 11.6. The van der Waals surface area contributed by atoms with E-state index in [0.29, 0.717) is 0 Å². The summed E-state index contributed by atoms with van der Waals surface area (Å²) in [4.78, 5) is 11.6. The fraction of sp³-hybridized carbons (Fsp3) is 0.533. The lowest BCUT2D eigenvalue weighted by Gasteiger charge is -2.11. The molecule has 0 radical (unpaired) electrons. The monoisotopic (exact) mass is 279 g/mol. The van der Waals surface area contributed by atoms with Gasteiger partial charge in [0, 0.05) is 13.7 Å². The van der Waals surface area contributed by atoms with Gasteiger partial charge in [0.2, 0.25) is 0 Å². The zero-order valence-corrected chi connectivity index (χ0v) is 11.7. The van der Waals surface area contributed by atoms with Crippen LogP contribution in [0.1, 0.15) is 17.5 Å². The smallest absolute Gasteiger partial charge is 0.258 e. The number of carbonyl (C=O) groups is 1. The number of hydrogen-bond donors (Lipinski definition) is 2. The maximum Gasteiger partial charge on any atom is 0.258 e. The van der Waals surface area contributed by atoms with Crippen molar-refractivity contribution >= 4 is 5.91 Å². The van der Waals surface area contributed by atoms with Gasteiger partial charge in [-0.3, -0.25) is 4.79 Å². The van der Waals surface area contributed by atoms with E-state index in [2.05, 4.69) is 11.4 Å². The SMILES string of the molecule is COCC(O)CNC(=O)COc1ccc2c(c1)CCC2. The first-order valence-corrected chi connectivity index (χ1v) is 6.87. The lowest BCUT2D eigenvalue weighted by atomic mass is 10.1. The lowest BCUT2D eigenvalue weighted by Crippen LogP contribution is -2.36. The van der Waals surface area contributed by atoms with E-state index in [-0.39, 0.29) is 25.7 Å². The molecule has 0 saturated heterocycles. The van der Waals surface area contributed by atoms with Crippen LogP contribution >= 0.6 is 0 Å². The Morgan fingerprint density at radius 2 is 2.20 bits per heavy atom. The molecular weight excluding hydrogens is 258 g/mol. The number of aryl methyl sites for hydroxylation is 2. The van der Waals surface area contributed by atoms with E-state index in [1.165, 1.54) is 24.7 Å². The second kappa shape index (κ2) is 7.26. The summed E-state index contributed by atoms with van der Waals surface area (Å²) in [6.45, 7) is 0.324. The first kappa shape index (κ1) is 14.8. The van der Waals surface area contributed by atoms with Gasteiger partial charge in [0.1, 0.15) is 5.75 Å². The predicted octanol–water partition coefficient (Wildman–Crippen LogP) is 0.678. The number of aliphatic hydroxyl groups is 1. The fourth-order valence-electron chi connectivity index (χ4n) is 2.32. The van der Waals surface area contributed by atoms with Gasteiger partial charge in [0.05, 0.1) is 12.7 Å². The summed E-state index contributed by atoms with van der Waals surface area (Å²) in [5.41, 5.74) is 2.70. The normalized spacial score (nSPS) is 14.7. The van der Waals surface area contributed by atoms with Crippen molar-refractivity contribution in [2.45, 2.75) is 25.4 Å². The molecule has 0 aliphatic heterocycles. The van der Waals surface area contributed by atoms with E-state index in [1.807, 2.05) is 12.1 Å². The molecule has 1 aliphatic carbocycles. The molecular formula is C15H21NO4. The summed E-state index contributed by atoms with van der Waals surface area (Å²) in [7, 11) is 1.50. The number of amides is 1. The van der Waals surface area contributed by atoms with Crippen LogP contribution in [0.25, 0.3) is 0 Å². The number of fused-ring (bicyclic) bond motifs is 1. The molecule has 0 fully saturated rings. The van der Waals surface area contributed by atoms with Crippen molar-refractivity contribution in [1.82, 2.24) is 5.32 Å². The summed E-state index contributed by atoms with van der Waals surface area (Å²) in [5, 5.41) is 12.0. The van der Waals surface area contributed by atoms with Crippen molar-refractivity contribution in [2.75, 3.05) is 26.9 Å². The minimum absolute atomic E-state index is 0.0432. The van der Waals surface area contributed by atoms with Gasteiger partial charge in [0.15, 0.2) is 6.61 Å². The molecule has 5 nitrogen and oxygen atoms in total. The van der Waals surface area contributed by atoms with Crippen molar-refractivity contribution < 1.29 is 19.4 Å². The summed E-state index contributed by atoms with van der Waals surface area (Å²) in [5.74, 6) is 0.471. The Balaban J connectivity index is 1.73. The second-order valence-electron chi connectivity index (χ2n) is 4.99. The van der Waals surface area contributed by atoms with Gasteiger partial charge in [-0.25, -0.2) is 0 Å². The molecule has 110 valence electrons. The average molecular weight is 279 g/mol. The first-order valence-electron chi connectivity index (χ1n) is 6.87. The van der Waals surface area contributed by atoms with Crippen molar-refractivity contribution in [3.05, 3.63) is 29.3 Å². The summed E-state index contributed by atoms with van der Waals surface area (Å²) in [6, 6.07) is 5.98. The molecule has 1 aromatic rings. The Hall–Kier alpha value is -1.59. The highest BCUT2D eigenvalue weighted by Gasteiger charge is 2.12. The Labute approximate surface area is 118 Å². The van der Waals surface area contributed by atoms with E-state index in [1.54, 1.807) is 0 Å². The lowest BCUT2D eigenvalue weighted by molar-refractivity contribution is -0.123. The van der Waals surface area contributed by atoms with Crippen LogP contribution < -0.4 is 10.1 Å². The van der Waals surface area contributed by atoms with Crippen molar-refractivity contribution in [2.24, 2.45) is 0 Å². The topological polar surface area (TPSA) is 67.8 Å². The second-order valence-corrected chi connectivity index (χ2v) is 4.99. The van der Waals surface area contributed by atoms with Crippen LogP contribution in [-0.4, -0.2) is 44.0 Å².